The van der Waals surface area contributed by atoms with Crippen LogP contribution < -0.4 is 14.8 Å². The quantitative estimate of drug-likeness (QED) is 0.301. The first-order valence-corrected chi connectivity index (χ1v) is 10.2. The normalized spacial score (nSPS) is 12.3. The molecule has 0 radical (unpaired) electrons. The molecule has 33 heavy (non-hydrogen) atoms. The predicted molar refractivity (Wildman–Crippen MR) is 125 cm³/mol. The number of nitrogens with zero attached hydrogens (tertiary/aromatic N) is 1. The number of ether oxygens (including phenoxy) is 2. The number of hydrogen-bond acceptors (Lipinski definition) is 7. The molecule has 0 unspecified atom stereocenters. The minimum atomic E-state index is -1.11. The third-order valence-electron chi connectivity index (χ3n) is 4.67. The molecule has 3 aromatic rings. The second kappa shape index (κ2) is 13.9. The van der Waals surface area contributed by atoms with Crippen LogP contribution in [0.15, 0.2) is 72.9 Å². The molecule has 0 spiro atoms. The number of pyridine rings is 1. The molecule has 170 valence electrons. The molecule has 4 N–H and O–H groups in total. The summed E-state index contributed by atoms with van der Waals surface area (Å²) in [5, 5.41) is 32.2. The van der Waals surface area contributed by atoms with Crippen LogP contribution in [0.1, 0.15) is 15.9 Å². The molecule has 8 nitrogen and oxygen atoms in total. The van der Waals surface area contributed by atoms with Crippen molar-refractivity contribution in [2.24, 2.45) is 0 Å². The van der Waals surface area contributed by atoms with Crippen LogP contribution in [-0.4, -0.2) is 87.7 Å². The van der Waals surface area contributed by atoms with Crippen LogP contribution >= 0.6 is 0 Å². The van der Waals surface area contributed by atoms with Gasteiger partial charge in [-0.2, -0.15) is 0 Å². The number of rotatable bonds is 12. The molecule has 0 saturated carbocycles. The summed E-state index contributed by atoms with van der Waals surface area (Å²) < 4.78 is 11.1. The van der Waals surface area contributed by atoms with Gasteiger partial charge in [0.2, 0.25) is 5.88 Å². The second-order valence-corrected chi connectivity index (χ2v) is 7.18. The Morgan fingerprint density at radius 1 is 1.00 bits per heavy atom. The number of aliphatic hydroxyl groups is 2. The molecule has 0 bridgehead atoms. The number of aliphatic hydroxyl groups excluding tert-OH is 2. The van der Waals surface area contributed by atoms with Gasteiger partial charge in [-0.25, -0.2) is 9.78 Å². The Balaban J connectivity index is 0.00000385. The van der Waals surface area contributed by atoms with Crippen molar-refractivity contribution in [1.82, 2.24) is 10.3 Å². The van der Waals surface area contributed by atoms with Gasteiger partial charge in [0.1, 0.15) is 29.8 Å². The zero-order chi connectivity index (χ0) is 22.8. The number of para-hydroxylation sites is 1. The van der Waals surface area contributed by atoms with Crippen LogP contribution in [0, 0.1) is 0 Å². The van der Waals surface area contributed by atoms with Gasteiger partial charge in [-0.1, -0.05) is 30.3 Å². The van der Waals surface area contributed by atoms with Gasteiger partial charge in [-0.15, -0.1) is 0 Å². The van der Waals surface area contributed by atoms with Gasteiger partial charge >= 0.3 is 35.5 Å². The van der Waals surface area contributed by atoms with Crippen LogP contribution in [0.5, 0.6) is 17.4 Å². The van der Waals surface area contributed by atoms with Crippen molar-refractivity contribution in [2.45, 2.75) is 18.6 Å². The SMILES string of the molecule is O=C(O)c1cccnc1Oc1ccc(C[C@@H](CO)NC[C@H](O)COc2ccccc2)cc1.[NaH]. The monoisotopic (exact) mass is 462 g/mol. The molecule has 0 aliphatic carbocycles. The fourth-order valence-corrected chi connectivity index (χ4v) is 3.00. The standard InChI is InChI=1S/C24H26N2O6.Na.H/c27-15-18(26-14-19(28)16-31-20-5-2-1-3-6-20)13-17-8-10-21(11-9-17)32-23-22(24(29)30)7-4-12-25-23;;/h1-12,18-19,26-28H,13-16H2,(H,29,30);;/t18-,19-;;/m0../s1. The van der Waals surface area contributed by atoms with Crippen LogP contribution in [-0.2, 0) is 6.42 Å². The van der Waals surface area contributed by atoms with Gasteiger partial charge < -0.3 is 30.1 Å². The van der Waals surface area contributed by atoms with E-state index in [0.717, 1.165) is 5.56 Å². The molecule has 9 heteroatoms. The molecule has 2 aromatic carbocycles. The van der Waals surface area contributed by atoms with Crippen molar-refractivity contribution in [1.29, 1.82) is 0 Å². The summed E-state index contributed by atoms with van der Waals surface area (Å²) in [4.78, 5) is 15.2. The number of carboxylic acid groups (broad SMARTS) is 1. The maximum absolute atomic E-state index is 11.3. The number of nitrogens with one attached hydrogen (secondary N) is 1. The van der Waals surface area contributed by atoms with Gasteiger partial charge in [-0.05, 0) is 48.4 Å². The number of hydrogen-bond donors (Lipinski definition) is 4. The van der Waals surface area contributed by atoms with Crippen molar-refractivity contribution in [3.05, 3.63) is 84.1 Å². The van der Waals surface area contributed by atoms with Gasteiger partial charge in [0.15, 0.2) is 0 Å². The van der Waals surface area contributed by atoms with Gasteiger partial charge in [0.25, 0.3) is 0 Å². The van der Waals surface area contributed by atoms with E-state index in [2.05, 4.69) is 10.3 Å². The zero-order valence-electron chi connectivity index (χ0n) is 17.4. The molecule has 0 aliphatic heterocycles. The molecular formula is C24H27N2NaO6. The van der Waals surface area contributed by atoms with E-state index in [1.807, 2.05) is 42.5 Å². The number of benzene rings is 2. The van der Waals surface area contributed by atoms with E-state index in [0.29, 0.717) is 17.9 Å². The average Bonchev–Trinajstić information content (AvgIpc) is 2.82. The van der Waals surface area contributed by atoms with Gasteiger partial charge in [0, 0.05) is 18.8 Å². The number of aromatic carboxylic acids is 1. The van der Waals surface area contributed by atoms with Crippen LogP contribution in [0.4, 0.5) is 0 Å². The predicted octanol–water partition coefficient (Wildman–Crippen LogP) is 1.86. The Morgan fingerprint density at radius 2 is 1.73 bits per heavy atom. The Hall–Kier alpha value is -2.46. The van der Waals surface area contributed by atoms with Gasteiger partial charge in [-0.3, -0.25) is 0 Å². The molecule has 0 aliphatic rings. The van der Waals surface area contributed by atoms with E-state index in [-0.39, 0.29) is 66.8 Å². The van der Waals surface area contributed by atoms with E-state index >= 15 is 0 Å². The van der Waals surface area contributed by atoms with Crippen molar-refractivity contribution in [3.63, 3.8) is 0 Å². The van der Waals surface area contributed by atoms with Crippen LogP contribution in [0.25, 0.3) is 0 Å². The van der Waals surface area contributed by atoms with Crippen LogP contribution in [0.2, 0.25) is 0 Å². The van der Waals surface area contributed by atoms with E-state index in [4.69, 9.17) is 9.47 Å². The zero-order valence-corrected chi connectivity index (χ0v) is 17.4. The van der Waals surface area contributed by atoms with Crippen molar-refractivity contribution in [2.75, 3.05) is 19.8 Å². The molecule has 3 rings (SSSR count). The summed E-state index contributed by atoms with van der Waals surface area (Å²) in [6, 6.07) is 19.1. The molecular weight excluding hydrogens is 435 g/mol. The van der Waals surface area contributed by atoms with E-state index in [9.17, 15) is 20.1 Å². The molecule has 1 aromatic heterocycles. The number of carboxylic acids is 1. The molecule has 1 heterocycles. The summed E-state index contributed by atoms with van der Waals surface area (Å²) >= 11 is 0. The molecule has 0 saturated heterocycles. The minimum absolute atomic E-state index is 0. The van der Waals surface area contributed by atoms with E-state index in [1.165, 1.54) is 18.3 Å². The van der Waals surface area contributed by atoms with E-state index in [1.54, 1.807) is 12.1 Å². The average molecular weight is 462 g/mol. The Labute approximate surface area is 214 Å². The summed E-state index contributed by atoms with van der Waals surface area (Å²) in [6.45, 7) is 0.324. The van der Waals surface area contributed by atoms with Gasteiger partial charge in [0.05, 0.1) is 6.61 Å². The summed E-state index contributed by atoms with van der Waals surface area (Å²) in [6.07, 6.45) is 1.28. The first-order chi connectivity index (χ1) is 15.5. The summed E-state index contributed by atoms with van der Waals surface area (Å²) in [7, 11) is 0. The fraction of sp³-hybridized carbons (Fsp3) is 0.250. The fourth-order valence-electron chi connectivity index (χ4n) is 3.00. The maximum atomic E-state index is 11.3. The third-order valence-corrected chi connectivity index (χ3v) is 4.67. The topological polar surface area (TPSA) is 121 Å². The first-order valence-electron chi connectivity index (χ1n) is 10.2. The van der Waals surface area contributed by atoms with Crippen molar-refractivity contribution >= 4 is 35.5 Å². The van der Waals surface area contributed by atoms with Crippen LogP contribution in [0.3, 0.4) is 0 Å². The third kappa shape index (κ3) is 8.77. The molecule has 2 atom stereocenters. The molecule has 0 amide bonds. The Bertz CT molecular complexity index is 988. The second-order valence-electron chi connectivity index (χ2n) is 7.18. The number of carbonyl (C=O) groups is 1. The summed E-state index contributed by atoms with van der Waals surface area (Å²) in [5.74, 6) is 0.0537. The van der Waals surface area contributed by atoms with E-state index < -0.39 is 12.1 Å². The summed E-state index contributed by atoms with van der Waals surface area (Å²) in [5.41, 5.74) is 0.925. The first kappa shape index (κ1) is 26.8. The Kier molecular flexibility index (Phi) is 11.3. The van der Waals surface area contributed by atoms with Crippen molar-refractivity contribution < 1.29 is 29.6 Å². The number of aromatic nitrogens is 1. The molecule has 0 fully saturated rings. The Morgan fingerprint density at radius 3 is 2.39 bits per heavy atom. The van der Waals surface area contributed by atoms with Crippen molar-refractivity contribution in [3.8, 4) is 17.4 Å².